The second kappa shape index (κ2) is 6.51. The van der Waals surface area contributed by atoms with E-state index < -0.39 is 11.6 Å². The summed E-state index contributed by atoms with van der Waals surface area (Å²) in [6, 6.07) is 8.61. The van der Waals surface area contributed by atoms with Gasteiger partial charge in [0.1, 0.15) is 5.82 Å². The molecule has 1 atom stereocenters. The summed E-state index contributed by atoms with van der Waals surface area (Å²) in [4.78, 5) is 12.0. The molecule has 0 saturated heterocycles. The highest BCUT2D eigenvalue weighted by molar-refractivity contribution is 5.99. The fourth-order valence-corrected chi connectivity index (χ4v) is 2.99. The molecule has 0 amide bonds. The van der Waals surface area contributed by atoms with Gasteiger partial charge in [-0.3, -0.25) is 4.79 Å². The van der Waals surface area contributed by atoms with Gasteiger partial charge in [-0.1, -0.05) is 12.1 Å². The second-order valence-electron chi connectivity index (χ2n) is 5.74. The SMILES string of the molecule is COc1ccc(C2=CC(=O)C[C@H](c3ccc(F)cc3)C2)c(F)c1F. The van der Waals surface area contributed by atoms with Crippen LogP contribution >= 0.6 is 0 Å². The number of allylic oxidation sites excluding steroid dienone is 2. The van der Waals surface area contributed by atoms with Crippen LogP contribution in [0.25, 0.3) is 5.57 Å². The molecule has 0 fully saturated rings. The fourth-order valence-electron chi connectivity index (χ4n) is 2.99. The molecule has 5 heteroatoms. The summed E-state index contributed by atoms with van der Waals surface area (Å²) in [5.41, 5.74) is 1.28. The summed E-state index contributed by atoms with van der Waals surface area (Å²) < 4.78 is 46.0. The summed E-state index contributed by atoms with van der Waals surface area (Å²) in [6.07, 6.45) is 1.99. The number of ether oxygens (including phenoxy) is 1. The molecule has 124 valence electrons. The molecular formula is C19H15F3O2. The topological polar surface area (TPSA) is 26.3 Å². The quantitative estimate of drug-likeness (QED) is 0.818. The first-order chi connectivity index (χ1) is 11.5. The predicted octanol–water partition coefficient (Wildman–Crippen LogP) is 4.64. The molecule has 0 aliphatic heterocycles. The van der Waals surface area contributed by atoms with E-state index in [-0.39, 0.29) is 35.3 Å². The third-order valence-corrected chi connectivity index (χ3v) is 4.20. The van der Waals surface area contributed by atoms with E-state index >= 15 is 0 Å². The van der Waals surface area contributed by atoms with E-state index in [2.05, 4.69) is 0 Å². The zero-order valence-corrected chi connectivity index (χ0v) is 13.0. The van der Waals surface area contributed by atoms with E-state index in [1.54, 1.807) is 12.1 Å². The molecule has 24 heavy (non-hydrogen) atoms. The van der Waals surface area contributed by atoms with Gasteiger partial charge in [0, 0.05) is 12.0 Å². The van der Waals surface area contributed by atoms with Crippen molar-refractivity contribution in [3.05, 3.63) is 71.1 Å². The Hall–Kier alpha value is -2.56. The number of carbonyl (C=O) groups is 1. The monoisotopic (exact) mass is 332 g/mol. The molecule has 1 aliphatic rings. The van der Waals surface area contributed by atoms with Crippen LogP contribution in [0.2, 0.25) is 0 Å². The Morgan fingerprint density at radius 2 is 1.67 bits per heavy atom. The third kappa shape index (κ3) is 3.07. The van der Waals surface area contributed by atoms with Crippen LogP contribution in [0.3, 0.4) is 0 Å². The van der Waals surface area contributed by atoms with Gasteiger partial charge in [0.15, 0.2) is 17.3 Å². The molecule has 2 aromatic carbocycles. The van der Waals surface area contributed by atoms with E-state index in [1.807, 2.05) is 0 Å². The van der Waals surface area contributed by atoms with Gasteiger partial charge in [-0.15, -0.1) is 0 Å². The summed E-state index contributed by atoms with van der Waals surface area (Å²) in [7, 11) is 1.26. The average molecular weight is 332 g/mol. The molecule has 3 rings (SSSR count). The van der Waals surface area contributed by atoms with E-state index in [4.69, 9.17) is 4.74 Å². The first kappa shape index (κ1) is 16.3. The predicted molar refractivity (Wildman–Crippen MR) is 84.3 cm³/mol. The van der Waals surface area contributed by atoms with Gasteiger partial charge in [-0.2, -0.15) is 4.39 Å². The van der Waals surface area contributed by atoms with Gasteiger partial charge in [-0.05, 0) is 53.8 Å². The van der Waals surface area contributed by atoms with Crippen molar-refractivity contribution in [2.24, 2.45) is 0 Å². The van der Waals surface area contributed by atoms with Gasteiger partial charge in [-0.25, -0.2) is 8.78 Å². The molecule has 2 aromatic rings. The molecule has 0 bridgehead atoms. The maximum Gasteiger partial charge on any atom is 0.201 e. The van der Waals surface area contributed by atoms with Crippen molar-refractivity contribution < 1.29 is 22.7 Å². The van der Waals surface area contributed by atoms with Crippen LogP contribution in [-0.2, 0) is 4.79 Å². The Morgan fingerprint density at radius 3 is 2.33 bits per heavy atom. The highest BCUT2D eigenvalue weighted by Gasteiger charge is 2.26. The molecule has 0 N–H and O–H groups in total. The largest absolute Gasteiger partial charge is 0.494 e. The van der Waals surface area contributed by atoms with E-state index in [0.29, 0.717) is 12.0 Å². The molecule has 0 aromatic heterocycles. The minimum Gasteiger partial charge on any atom is -0.494 e. The van der Waals surface area contributed by atoms with E-state index in [0.717, 1.165) is 5.56 Å². The number of hydrogen-bond donors (Lipinski definition) is 0. The van der Waals surface area contributed by atoms with Crippen molar-refractivity contribution in [1.82, 2.24) is 0 Å². The maximum atomic E-state index is 14.3. The average Bonchev–Trinajstić information content (AvgIpc) is 2.57. The van der Waals surface area contributed by atoms with Crippen LogP contribution in [0.15, 0.2) is 42.5 Å². The first-order valence-electron chi connectivity index (χ1n) is 7.51. The lowest BCUT2D eigenvalue weighted by Crippen LogP contribution is -2.13. The molecule has 0 saturated carbocycles. The maximum absolute atomic E-state index is 14.3. The van der Waals surface area contributed by atoms with Gasteiger partial charge in [0.05, 0.1) is 7.11 Å². The number of rotatable bonds is 3. The zero-order valence-electron chi connectivity index (χ0n) is 13.0. The Bertz CT molecular complexity index is 810. The number of benzene rings is 2. The van der Waals surface area contributed by atoms with Crippen LogP contribution in [0.4, 0.5) is 13.2 Å². The Labute approximate surface area is 137 Å². The number of ketones is 1. The van der Waals surface area contributed by atoms with Crippen LogP contribution in [0, 0.1) is 17.5 Å². The molecule has 2 nitrogen and oxygen atoms in total. The lowest BCUT2D eigenvalue weighted by molar-refractivity contribution is -0.115. The number of carbonyl (C=O) groups excluding carboxylic acids is 1. The van der Waals surface area contributed by atoms with E-state index in [9.17, 15) is 18.0 Å². The minimum absolute atomic E-state index is 0.0495. The van der Waals surface area contributed by atoms with Crippen molar-refractivity contribution in [2.45, 2.75) is 18.8 Å². The first-order valence-corrected chi connectivity index (χ1v) is 7.51. The van der Waals surface area contributed by atoms with Crippen molar-refractivity contribution in [2.75, 3.05) is 7.11 Å². The molecule has 0 heterocycles. The van der Waals surface area contributed by atoms with Crippen molar-refractivity contribution >= 4 is 11.4 Å². The lowest BCUT2D eigenvalue weighted by Gasteiger charge is -2.23. The summed E-state index contributed by atoms with van der Waals surface area (Å²) >= 11 is 0. The summed E-state index contributed by atoms with van der Waals surface area (Å²) in [5, 5.41) is 0. The lowest BCUT2D eigenvalue weighted by atomic mass is 9.81. The standard InChI is InChI=1S/C19H15F3O2/c1-24-17-7-6-16(18(21)19(17)22)13-8-12(9-15(23)10-13)11-2-4-14(20)5-3-11/h2-7,10,12H,8-9H2,1H3/t12-/m1/s1. The zero-order chi connectivity index (χ0) is 17.3. The smallest absolute Gasteiger partial charge is 0.201 e. The van der Waals surface area contributed by atoms with Gasteiger partial charge in [0.25, 0.3) is 0 Å². The van der Waals surface area contributed by atoms with Crippen LogP contribution in [0.5, 0.6) is 5.75 Å². The highest BCUT2D eigenvalue weighted by Crippen LogP contribution is 2.38. The summed E-state index contributed by atoms with van der Waals surface area (Å²) in [5.74, 6) is -3.02. The Kier molecular flexibility index (Phi) is 4.42. The Morgan fingerprint density at radius 1 is 0.958 bits per heavy atom. The van der Waals surface area contributed by atoms with Crippen molar-refractivity contribution in [3.8, 4) is 5.75 Å². The minimum atomic E-state index is -1.08. The van der Waals surface area contributed by atoms with Crippen LogP contribution in [0.1, 0.15) is 29.9 Å². The van der Waals surface area contributed by atoms with Crippen LogP contribution in [-0.4, -0.2) is 12.9 Å². The molecule has 0 radical (unpaired) electrons. The fraction of sp³-hybridized carbons (Fsp3) is 0.211. The van der Waals surface area contributed by atoms with Gasteiger partial charge >= 0.3 is 0 Å². The molecule has 0 spiro atoms. The normalized spacial score (nSPS) is 17.6. The summed E-state index contributed by atoms with van der Waals surface area (Å²) in [6.45, 7) is 0. The second-order valence-corrected chi connectivity index (χ2v) is 5.74. The van der Waals surface area contributed by atoms with Crippen molar-refractivity contribution in [1.29, 1.82) is 0 Å². The van der Waals surface area contributed by atoms with E-state index in [1.165, 1.54) is 37.5 Å². The highest BCUT2D eigenvalue weighted by atomic mass is 19.2. The number of halogens is 3. The van der Waals surface area contributed by atoms with Gasteiger partial charge < -0.3 is 4.74 Å². The van der Waals surface area contributed by atoms with Crippen LogP contribution < -0.4 is 4.74 Å². The molecule has 1 aliphatic carbocycles. The molecule has 0 unspecified atom stereocenters. The number of hydrogen-bond acceptors (Lipinski definition) is 2. The molecular weight excluding hydrogens is 317 g/mol. The van der Waals surface area contributed by atoms with Crippen molar-refractivity contribution in [3.63, 3.8) is 0 Å². The third-order valence-electron chi connectivity index (χ3n) is 4.20. The Balaban J connectivity index is 1.95. The number of methoxy groups -OCH3 is 1. The van der Waals surface area contributed by atoms with Gasteiger partial charge in [0.2, 0.25) is 5.82 Å².